The number of carboxylic acids is 1. The minimum absolute atomic E-state index is 0.0742. The number of alkyl halides is 3. The Balaban J connectivity index is 0.000000298. The molecule has 154 valence electrons. The Morgan fingerprint density at radius 1 is 1.28 bits per heavy atom. The van der Waals surface area contributed by atoms with E-state index in [0.717, 1.165) is 22.2 Å². The van der Waals surface area contributed by atoms with Crippen LogP contribution in [0.5, 0.6) is 0 Å². The second kappa shape index (κ2) is 8.05. The molecule has 2 heterocycles. The summed E-state index contributed by atoms with van der Waals surface area (Å²) in [5.41, 5.74) is 9.12. The van der Waals surface area contributed by atoms with E-state index >= 15 is 0 Å². The Morgan fingerprint density at radius 2 is 1.93 bits per heavy atom. The van der Waals surface area contributed by atoms with Gasteiger partial charge in [-0.1, -0.05) is 35.9 Å². The van der Waals surface area contributed by atoms with Crippen molar-refractivity contribution in [1.29, 1.82) is 0 Å². The molecule has 29 heavy (non-hydrogen) atoms. The zero-order valence-electron chi connectivity index (χ0n) is 14.6. The van der Waals surface area contributed by atoms with Gasteiger partial charge in [-0.15, -0.1) is 11.3 Å². The van der Waals surface area contributed by atoms with Crippen molar-refractivity contribution in [1.82, 2.24) is 10.3 Å². The van der Waals surface area contributed by atoms with Gasteiger partial charge in [-0.05, 0) is 29.7 Å². The van der Waals surface area contributed by atoms with Crippen molar-refractivity contribution in [3.63, 3.8) is 0 Å². The first-order chi connectivity index (χ1) is 13.6. The number of carbonyl (C=O) groups excluding carboxylic acids is 1. The molecule has 0 bridgehead atoms. The second-order valence-electron chi connectivity index (χ2n) is 6.33. The molecular weight excluding hydrogens is 431 g/mol. The van der Waals surface area contributed by atoms with Crippen LogP contribution in [-0.4, -0.2) is 34.2 Å². The molecule has 11 heteroatoms. The molecule has 0 radical (unpaired) electrons. The van der Waals surface area contributed by atoms with Gasteiger partial charge < -0.3 is 21.1 Å². The van der Waals surface area contributed by atoms with Crippen LogP contribution in [0, 0.1) is 0 Å². The molecule has 1 amide bonds. The molecule has 0 fully saturated rings. The highest BCUT2D eigenvalue weighted by atomic mass is 35.5. The normalized spacial score (nSPS) is 18.1. The minimum Gasteiger partial charge on any atom is -0.475 e. The lowest BCUT2D eigenvalue weighted by Gasteiger charge is -2.17. The zero-order valence-corrected chi connectivity index (χ0v) is 16.2. The first kappa shape index (κ1) is 21.2. The van der Waals surface area contributed by atoms with Gasteiger partial charge in [0.15, 0.2) is 0 Å². The van der Waals surface area contributed by atoms with Crippen molar-refractivity contribution >= 4 is 45.0 Å². The summed E-state index contributed by atoms with van der Waals surface area (Å²) in [6.45, 7) is 0. The van der Waals surface area contributed by atoms with E-state index in [0.29, 0.717) is 10.0 Å². The number of carboxylic acid groups (broad SMARTS) is 1. The van der Waals surface area contributed by atoms with Crippen LogP contribution in [-0.2, 0) is 11.2 Å². The van der Waals surface area contributed by atoms with E-state index < -0.39 is 12.1 Å². The first-order valence-electron chi connectivity index (χ1n) is 8.28. The van der Waals surface area contributed by atoms with Crippen molar-refractivity contribution in [2.45, 2.75) is 24.7 Å². The molecule has 2 atom stereocenters. The van der Waals surface area contributed by atoms with Crippen molar-refractivity contribution in [3.8, 4) is 0 Å². The van der Waals surface area contributed by atoms with Crippen molar-refractivity contribution in [2.75, 3.05) is 0 Å². The number of benzene rings is 1. The van der Waals surface area contributed by atoms with Gasteiger partial charge in [0.05, 0.1) is 16.4 Å². The number of nitrogens with one attached hydrogen (secondary N) is 2. The average Bonchev–Trinajstić information content (AvgIpc) is 3.27. The molecule has 1 aliphatic carbocycles. The van der Waals surface area contributed by atoms with Crippen molar-refractivity contribution < 1.29 is 27.9 Å². The number of amides is 1. The number of aromatic amines is 1. The standard InChI is InChI=1S/C16H14ClN3OS.C2HF3O2/c17-13-7-9-6-12(20-16(9)22-13)15(21)19-11-5-8-3-1-2-4-10(8)14(11)18;3-2(4,5)1(6)7/h1-4,6-7,11,14,20H,5,18H2,(H,19,21);(H,6,7)/t11-,14-;/m1./s1. The van der Waals surface area contributed by atoms with Crippen molar-refractivity contribution in [2.24, 2.45) is 5.73 Å². The summed E-state index contributed by atoms with van der Waals surface area (Å²) >= 11 is 7.37. The van der Waals surface area contributed by atoms with Crippen LogP contribution in [0.4, 0.5) is 13.2 Å². The number of carbonyl (C=O) groups is 2. The highest BCUT2D eigenvalue weighted by molar-refractivity contribution is 7.22. The second-order valence-corrected chi connectivity index (χ2v) is 8.01. The number of halogens is 4. The third-order valence-electron chi connectivity index (χ3n) is 4.37. The maximum absolute atomic E-state index is 12.4. The Labute approximate surface area is 171 Å². The average molecular weight is 446 g/mol. The fourth-order valence-corrected chi connectivity index (χ4v) is 4.15. The Kier molecular flexibility index (Phi) is 5.87. The largest absolute Gasteiger partial charge is 0.490 e. The molecule has 1 aromatic carbocycles. The van der Waals surface area contributed by atoms with Crippen LogP contribution in [0.1, 0.15) is 27.7 Å². The maximum Gasteiger partial charge on any atom is 0.490 e. The number of aliphatic carboxylic acids is 1. The number of thiophene rings is 1. The van der Waals surface area contributed by atoms with E-state index in [1.54, 1.807) is 0 Å². The van der Waals surface area contributed by atoms with Crippen LogP contribution in [0.3, 0.4) is 0 Å². The molecule has 6 nitrogen and oxygen atoms in total. The van der Waals surface area contributed by atoms with Gasteiger partial charge in [0.25, 0.3) is 5.91 Å². The topological polar surface area (TPSA) is 108 Å². The first-order valence-corrected chi connectivity index (χ1v) is 9.48. The molecule has 0 spiro atoms. The number of aromatic nitrogens is 1. The summed E-state index contributed by atoms with van der Waals surface area (Å²) < 4.78 is 32.4. The zero-order chi connectivity index (χ0) is 21.3. The highest BCUT2D eigenvalue weighted by Crippen LogP contribution is 2.31. The Hall–Kier alpha value is -2.56. The predicted molar refractivity (Wildman–Crippen MR) is 103 cm³/mol. The number of H-pyrrole nitrogens is 1. The number of nitrogens with two attached hydrogens (primary N) is 1. The van der Waals surface area contributed by atoms with Gasteiger partial charge in [-0.3, -0.25) is 4.79 Å². The van der Waals surface area contributed by atoms with Crippen LogP contribution in [0.15, 0.2) is 36.4 Å². The monoisotopic (exact) mass is 445 g/mol. The molecule has 0 unspecified atom stereocenters. The summed E-state index contributed by atoms with van der Waals surface area (Å²) in [5, 5.41) is 11.1. The highest BCUT2D eigenvalue weighted by Gasteiger charge is 2.38. The molecule has 0 aliphatic heterocycles. The molecule has 5 N–H and O–H groups in total. The van der Waals surface area contributed by atoms with Gasteiger partial charge in [0.1, 0.15) is 10.5 Å². The number of hydrogen-bond acceptors (Lipinski definition) is 4. The Morgan fingerprint density at radius 3 is 2.52 bits per heavy atom. The predicted octanol–water partition coefficient (Wildman–Crippen LogP) is 3.87. The summed E-state index contributed by atoms with van der Waals surface area (Å²) in [7, 11) is 0. The molecule has 2 aromatic heterocycles. The summed E-state index contributed by atoms with van der Waals surface area (Å²) in [6, 6.07) is 11.5. The van der Waals surface area contributed by atoms with Gasteiger partial charge in [0.2, 0.25) is 0 Å². The van der Waals surface area contributed by atoms with Crippen LogP contribution in [0.25, 0.3) is 10.2 Å². The van der Waals surface area contributed by atoms with Crippen LogP contribution in [0.2, 0.25) is 4.34 Å². The third-order valence-corrected chi connectivity index (χ3v) is 5.57. The van der Waals surface area contributed by atoms with E-state index in [1.807, 2.05) is 30.3 Å². The van der Waals surface area contributed by atoms with Gasteiger partial charge in [-0.25, -0.2) is 4.79 Å². The lowest BCUT2D eigenvalue weighted by Crippen LogP contribution is -2.40. The number of hydrogen-bond donors (Lipinski definition) is 4. The summed E-state index contributed by atoms with van der Waals surface area (Å²) in [6.07, 6.45) is -4.32. The molecule has 3 aromatic rings. The van der Waals surface area contributed by atoms with E-state index in [-0.39, 0.29) is 18.0 Å². The van der Waals surface area contributed by atoms with E-state index in [9.17, 15) is 18.0 Å². The van der Waals surface area contributed by atoms with Crippen LogP contribution >= 0.6 is 22.9 Å². The number of fused-ring (bicyclic) bond motifs is 2. The van der Waals surface area contributed by atoms with E-state index in [2.05, 4.69) is 16.4 Å². The molecule has 0 saturated carbocycles. The lowest BCUT2D eigenvalue weighted by molar-refractivity contribution is -0.192. The maximum atomic E-state index is 12.4. The van der Waals surface area contributed by atoms with E-state index in [4.69, 9.17) is 27.2 Å². The quantitative estimate of drug-likeness (QED) is 0.480. The summed E-state index contributed by atoms with van der Waals surface area (Å²) in [4.78, 5) is 25.3. The molecule has 0 saturated heterocycles. The minimum atomic E-state index is -5.08. The van der Waals surface area contributed by atoms with Crippen molar-refractivity contribution in [3.05, 3.63) is 57.6 Å². The summed E-state index contributed by atoms with van der Waals surface area (Å²) in [5.74, 6) is -2.89. The number of rotatable bonds is 2. The van der Waals surface area contributed by atoms with Gasteiger partial charge >= 0.3 is 12.1 Å². The molecular formula is C18H15ClF3N3O3S. The lowest BCUT2D eigenvalue weighted by atomic mass is 10.1. The Bertz CT molecular complexity index is 1030. The van der Waals surface area contributed by atoms with Gasteiger partial charge in [-0.2, -0.15) is 13.2 Å². The molecule has 4 rings (SSSR count). The van der Waals surface area contributed by atoms with Gasteiger partial charge in [0, 0.05) is 5.39 Å². The SMILES string of the molecule is N[C@@H]1c2ccccc2C[C@H]1NC(=O)c1cc2cc(Cl)sc2[nH]1.O=C(O)C(F)(F)F. The smallest absolute Gasteiger partial charge is 0.475 e. The van der Waals surface area contributed by atoms with E-state index in [1.165, 1.54) is 16.9 Å². The fraction of sp³-hybridized carbons (Fsp3) is 0.222. The van der Waals surface area contributed by atoms with Crippen LogP contribution < -0.4 is 11.1 Å². The third kappa shape index (κ3) is 4.72. The fourth-order valence-electron chi connectivity index (χ4n) is 3.03. The molecule has 1 aliphatic rings.